The molecule has 0 radical (unpaired) electrons. The summed E-state index contributed by atoms with van der Waals surface area (Å²) in [6.07, 6.45) is 1.75. The van der Waals surface area contributed by atoms with Crippen LogP contribution in [0.3, 0.4) is 0 Å². The summed E-state index contributed by atoms with van der Waals surface area (Å²) in [7, 11) is 3.04. The number of hydrogen-bond donors (Lipinski definition) is 3. The van der Waals surface area contributed by atoms with Crippen LogP contribution in [0.5, 0.6) is 11.5 Å². The summed E-state index contributed by atoms with van der Waals surface area (Å²) in [6.45, 7) is 0. The van der Waals surface area contributed by atoms with E-state index in [4.69, 9.17) is 9.47 Å². The van der Waals surface area contributed by atoms with E-state index in [0.717, 1.165) is 5.56 Å². The number of allylic oxidation sites excluding steroid dienone is 2. The molecule has 0 aromatic heterocycles. The average Bonchev–Trinajstić information content (AvgIpc) is 2.90. The molecule has 1 aliphatic rings. The topological polar surface area (TPSA) is 109 Å². The number of methoxy groups -OCH3 is 2. The smallest absolute Gasteiger partial charge is 0.247 e. The van der Waals surface area contributed by atoms with Crippen LogP contribution in [-0.2, 0) is 11.2 Å². The highest BCUT2D eigenvalue weighted by Crippen LogP contribution is 2.29. The molecule has 0 fully saturated rings. The second-order valence-electron chi connectivity index (χ2n) is 7.86. The zero-order valence-electron chi connectivity index (χ0n) is 19.3. The molecular formula is C27H25N3O5. The number of ether oxygens (including phenoxy) is 2. The Hall–Kier alpha value is -4.59. The fourth-order valence-electron chi connectivity index (χ4n) is 3.90. The Labute approximate surface area is 202 Å². The highest BCUT2D eigenvalue weighted by molar-refractivity contribution is 6.26. The lowest BCUT2D eigenvalue weighted by Gasteiger charge is -2.24. The molecule has 0 saturated heterocycles. The Morgan fingerprint density at radius 1 is 0.971 bits per heavy atom. The van der Waals surface area contributed by atoms with Crippen molar-refractivity contribution in [3.8, 4) is 11.5 Å². The maximum absolute atomic E-state index is 13.5. The summed E-state index contributed by atoms with van der Waals surface area (Å²) in [4.78, 5) is 26.7. The van der Waals surface area contributed by atoms with E-state index in [0.29, 0.717) is 34.7 Å². The number of rotatable bonds is 8. The predicted molar refractivity (Wildman–Crippen MR) is 132 cm³/mol. The number of fused-ring (bicyclic) bond motifs is 1. The number of benzene rings is 3. The lowest BCUT2D eigenvalue weighted by Crippen LogP contribution is -2.44. The van der Waals surface area contributed by atoms with E-state index in [1.54, 1.807) is 42.5 Å². The molecule has 3 N–H and O–H groups in total. The van der Waals surface area contributed by atoms with Crippen molar-refractivity contribution < 1.29 is 24.3 Å². The van der Waals surface area contributed by atoms with E-state index in [-0.39, 0.29) is 23.1 Å². The van der Waals surface area contributed by atoms with Gasteiger partial charge in [0.25, 0.3) is 0 Å². The molecule has 0 bridgehead atoms. The van der Waals surface area contributed by atoms with Crippen LogP contribution >= 0.6 is 0 Å². The van der Waals surface area contributed by atoms with Gasteiger partial charge < -0.3 is 25.3 Å². The third kappa shape index (κ3) is 5.16. The van der Waals surface area contributed by atoms with Crippen molar-refractivity contribution in [2.45, 2.75) is 12.5 Å². The molecule has 1 unspecified atom stereocenters. The van der Waals surface area contributed by atoms with Crippen LogP contribution in [0.1, 0.15) is 21.5 Å². The Morgan fingerprint density at radius 3 is 2.37 bits per heavy atom. The average molecular weight is 472 g/mol. The van der Waals surface area contributed by atoms with Gasteiger partial charge >= 0.3 is 0 Å². The lowest BCUT2D eigenvalue weighted by molar-refractivity contribution is -0.117. The zero-order chi connectivity index (χ0) is 24.8. The van der Waals surface area contributed by atoms with Gasteiger partial charge in [-0.05, 0) is 23.8 Å². The number of nitrogens with one attached hydrogen (secondary N) is 2. The monoisotopic (exact) mass is 471 g/mol. The normalized spacial score (nSPS) is 14.5. The first-order chi connectivity index (χ1) is 17.0. The summed E-state index contributed by atoms with van der Waals surface area (Å²) in [5.74, 6) is 0.349. The first-order valence-corrected chi connectivity index (χ1v) is 10.9. The van der Waals surface area contributed by atoms with Gasteiger partial charge in [0.2, 0.25) is 11.7 Å². The summed E-state index contributed by atoms with van der Waals surface area (Å²) in [5.41, 5.74) is 2.64. The first-order valence-electron chi connectivity index (χ1n) is 10.9. The number of nitrogens with zero attached hydrogens (tertiary/aromatic N) is 1. The number of hydrogen-bond acceptors (Lipinski definition) is 7. The minimum atomic E-state index is -0.825. The van der Waals surface area contributed by atoms with Crippen molar-refractivity contribution in [1.29, 1.82) is 0 Å². The SMILES string of the molecule is COc1ccc(OC)c(NC(=O)C(Cc2ccccc2)NC2=CC(=NO)c3ccccc3C2=O)c1. The van der Waals surface area contributed by atoms with E-state index < -0.39 is 6.04 Å². The van der Waals surface area contributed by atoms with Crippen LogP contribution in [0.4, 0.5) is 5.69 Å². The van der Waals surface area contributed by atoms with Crippen LogP contribution in [-0.4, -0.2) is 42.9 Å². The molecule has 1 atom stereocenters. The van der Waals surface area contributed by atoms with Crippen molar-refractivity contribution in [2.24, 2.45) is 5.16 Å². The number of oxime groups is 1. The zero-order valence-corrected chi connectivity index (χ0v) is 19.3. The highest BCUT2D eigenvalue weighted by atomic mass is 16.5. The van der Waals surface area contributed by atoms with Crippen LogP contribution in [0.2, 0.25) is 0 Å². The van der Waals surface area contributed by atoms with E-state index in [1.165, 1.54) is 20.3 Å². The molecule has 0 aliphatic heterocycles. The van der Waals surface area contributed by atoms with Gasteiger partial charge in [-0.15, -0.1) is 0 Å². The predicted octanol–water partition coefficient (Wildman–Crippen LogP) is 3.80. The largest absolute Gasteiger partial charge is 0.497 e. The van der Waals surface area contributed by atoms with E-state index in [2.05, 4.69) is 15.8 Å². The third-order valence-electron chi connectivity index (χ3n) is 5.67. The molecule has 8 nitrogen and oxygen atoms in total. The molecule has 3 aromatic rings. The Kier molecular flexibility index (Phi) is 7.11. The molecule has 1 aliphatic carbocycles. The number of Topliss-reactive ketones (excluding diaryl/α,β-unsaturated/α-hetero) is 1. The molecular weight excluding hydrogens is 446 g/mol. The quantitative estimate of drug-likeness (QED) is 0.341. The maximum atomic E-state index is 13.5. The van der Waals surface area contributed by atoms with Gasteiger partial charge in [-0.2, -0.15) is 0 Å². The molecule has 35 heavy (non-hydrogen) atoms. The highest BCUT2D eigenvalue weighted by Gasteiger charge is 2.29. The molecule has 8 heteroatoms. The number of amides is 1. The number of carbonyl (C=O) groups is 2. The van der Waals surface area contributed by atoms with E-state index in [9.17, 15) is 14.8 Å². The van der Waals surface area contributed by atoms with Crippen LogP contribution < -0.4 is 20.1 Å². The fraction of sp³-hybridized carbons (Fsp3) is 0.148. The van der Waals surface area contributed by atoms with E-state index >= 15 is 0 Å². The fourth-order valence-corrected chi connectivity index (χ4v) is 3.90. The summed E-state index contributed by atoms with van der Waals surface area (Å²) in [6, 6.07) is 20.6. The number of carbonyl (C=O) groups excluding carboxylic acids is 2. The minimum absolute atomic E-state index is 0.158. The molecule has 178 valence electrons. The second-order valence-corrected chi connectivity index (χ2v) is 7.86. The van der Waals surface area contributed by atoms with Gasteiger partial charge in [-0.3, -0.25) is 9.59 Å². The maximum Gasteiger partial charge on any atom is 0.247 e. The molecule has 0 saturated carbocycles. The molecule has 0 heterocycles. The van der Waals surface area contributed by atoms with Crippen molar-refractivity contribution in [3.05, 3.63) is 101 Å². The van der Waals surface area contributed by atoms with Crippen molar-refractivity contribution in [2.75, 3.05) is 19.5 Å². The van der Waals surface area contributed by atoms with Gasteiger partial charge in [0, 0.05) is 23.6 Å². The molecule has 3 aromatic carbocycles. The van der Waals surface area contributed by atoms with Gasteiger partial charge in [-0.1, -0.05) is 59.8 Å². The summed E-state index contributed by atoms with van der Waals surface area (Å²) in [5, 5.41) is 18.8. The van der Waals surface area contributed by atoms with Crippen molar-refractivity contribution >= 4 is 23.1 Å². The van der Waals surface area contributed by atoms with Crippen LogP contribution in [0.25, 0.3) is 0 Å². The Morgan fingerprint density at radius 2 is 1.69 bits per heavy atom. The molecule has 1 amide bonds. The van der Waals surface area contributed by atoms with Gasteiger partial charge in [-0.25, -0.2) is 0 Å². The van der Waals surface area contributed by atoms with Gasteiger partial charge in [0.05, 0.1) is 25.6 Å². The Bertz CT molecular complexity index is 1300. The van der Waals surface area contributed by atoms with Gasteiger partial charge in [0.15, 0.2) is 0 Å². The standard InChI is InChI=1S/C27H25N3O5/c1-34-18-12-13-25(35-2)22(15-18)29-27(32)24(14-17-8-4-3-5-9-17)28-23-16-21(30-33)19-10-6-7-11-20(19)26(23)31/h3-13,15-16,24,28,33H,14H2,1-2H3,(H,29,32). The Balaban J connectivity index is 1.66. The number of ketones is 1. The van der Waals surface area contributed by atoms with Crippen LogP contribution in [0.15, 0.2) is 89.7 Å². The lowest BCUT2D eigenvalue weighted by atomic mass is 9.91. The first kappa shape index (κ1) is 23.6. The molecule has 4 rings (SSSR count). The van der Waals surface area contributed by atoms with Gasteiger partial charge in [0.1, 0.15) is 23.3 Å². The van der Waals surface area contributed by atoms with Crippen molar-refractivity contribution in [1.82, 2.24) is 5.32 Å². The summed E-state index contributed by atoms with van der Waals surface area (Å²) < 4.78 is 10.7. The van der Waals surface area contributed by atoms with Crippen LogP contribution in [0, 0.1) is 0 Å². The third-order valence-corrected chi connectivity index (χ3v) is 5.67. The summed E-state index contributed by atoms with van der Waals surface area (Å²) >= 11 is 0. The second kappa shape index (κ2) is 10.6. The van der Waals surface area contributed by atoms with Crippen molar-refractivity contribution in [3.63, 3.8) is 0 Å². The molecule has 0 spiro atoms. The number of anilines is 1. The van der Waals surface area contributed by atoms with E-state index in [1.807, 2.05) is 30.3 Å². The minimum Gasteiger partial charge on any atom is -0.497 e.